The number of benzene rings is 1. The van der Waals surface area contributed by atoms with Gasteiger partial charge in [-0.3, -0.25) is 0 Å². The standard InChI is InChI=1S/C40H56N4O3/c1-26-30(28-9-11-29(12-10-28)35(45)46)15-18-37(3)31(26)16-19-39(5)34(37)14-13-32-33-8-6-17-40(33,21-20-38(32,39)4)43-36(47)42-22-7-24-44-25-23-41-27(44)2/h9-12,15,23,25-26,31-34H,6-8,13-14,16-22,24H2,1-5H3,(H,45,46)(H2,42,43,47)/t26?,31?,32?,33?,34?,37?,38-,39?,40?/m1/s1. The summed E-state index contributed by atoms with van der Waals surface area (Å²) in [6, 6.07) is 7.56. The Morgan fingerprint density at radius 1 is 0.957 bits per heavy atom. The van der Waals surface area contributed by atoms with Gasteiger partial charge in [-0.05, 0) is 140 Å². The Balaban J connectivity index is 1.06. The Morgan fingerprint density at radius 3 is 2.47 bits per heavy atom. The van der Waals surface area contributed by atoms with E-state index < -0.39 is 5.97 Å². The fraction of sp³-hybridized carbons (Fsp3) is 0.675. The first kappa shape index (κ1) is 32.5. The van der Waals surface area contributed by atoms with Crippen molar-refractivity contribution in [1.29, 1.82) is 0 Å². The number of nitrogens with zero attached hydrogens (tertiary/aromatic N) is 2. The number of aromatic nitrogens is 2. The number of fused-ring (bicyclic) bond motifs is 7. The van der Waals surface area contributed by atoms with Crippen molar-refractivity contribution in [3.8, 4) is 0 Å². The Morgan fingerprint density at radius 2 is 1.74 bits per heavy atom. The van der Waals surface area contributed by atoms with Crippen molar-refractivity contribution in [3.63, 3.8) is 0 Å². The third-order valence-electron chi connectivity index (χ3n) is 15.2. The minimum Gasteiger partial charge on any atom is -0.478 e. The number of hydrogen-bond donors (Lipinski definition) is 3. The van der Waals surface area contributed by atoms with E-state index in [1.165, 1.54) is 56.1 Å². The highest BCUT2D eigenvalue weighted by molar-refractivity contribution is 5.88. The molecule has 8 unspecified atom stereocenters. The third-order valence-corrected chi connectivity index (χ3v) is 15.2. The average molecular weight is 641 g/mol. The Labute approximate surface area is 281 Å². The zero-order valence-electron chi connectivity index (χ0n) is 29.3. The molecule has 1 aromatic carbocycles. The number of aromatic carboxylic acids is 1. The van der Waals surface area contributed by atoms with Crippen molar-refractivity contribution < 1.29 is 14.7 Å². The molecule has 47 heavy (non-hydrogen) atoms. The number of hydrogen-bond acceptors (Lipinski definition) is 3. The van der Waals surface area contributed by atoms with E-state index in [2.05, 4.69) is 54.0 Å². The summed E-state index contributed by atoms with van der Waals surface area (Å²) in [4.78, 5) is 29.1. The first-order valence-corrected chi connectivity index (χ1v) is 18.5. The highest BCUT2D eigenvalue weighted by Gasteiger charge is 2.68. The molecule has 4 fully saturated rings. The van der Waals surface area contributed by atoms with Crippen LogP contribution in [0.2, 0.25) is 0 Å². The van der Waals surface area contributed by atoms with Gasteiger partial charge < -0.3 is 20.3 Å². The van der Waals surface area contributed by atoms with Gasteiger partial charge in [0.25, 0.3) is 0 Å². The Hall–Kier alpha value is -3.09. The molecule has 7 heteroatoms. The molecule has 2 amide bonds. The number of imidazole rings is 1. The second kappa shape index (κ2) is 11.8. The zero-order valence-corrected chi connectivity index (χ0v) is 29.3. The maximum atomic E-state index is 13.3. The van der Waals surface area contributed by atoms with Gasteiger partial charge in [0, 0.05) is 31.0 Å². The number of amides is 2. The number of carboxylic acids is 1. The predicted molar refractivity (Wildman–Crippen MR) is 186 cm³/mol. The molecule has 254 valence electrons. The maximum Gasteiger partial charge on any atom is 0.335 e. The largest absolute Gasteiger partial charge is 0.478 e. The number of aryl methyl sites for hydroxylation is 2. The summed E-state index contributed by atoms with van der Waals surface area (Å²) < 4.78 is 2.14. The normalized spacial score (nSPS) is 39.1. The van der Waals surface area contributed by atoms with Crippen LogP contribution in [-0.2, 0) is 6.54 Å². The summed E-state index contributed by atoms with van der Waals surface area (Å²) in [6.45, 7) is 13.9. The minimum atomic E-state index is -0.866. The van der Waals surface area contributed by atoms with Crippen LogP contribution in [-0.4, -0.2) is 38.7 Å². The van der Waals surface area contributed by atoms with E-state index >= 15 is 0 Å². The Kier molecular flexibility index (Phi) is 8.15. The molecule has 2 aromatic rings. The quantitative estimate of drug-likeness (QED) is 0.265. The van der Waals surface area contributed by atoms with Crippen molar-refractivity contribution >= 4 is 17.6 Å². The van der Waals surface area contributed by atoms with E-state index in [9.17, 15) is 14.7 Å². The number of carbonyl (C=O) groups excluding carboxylic acids is 1. The van der Waals surface area contributed by atoms with Gasteiger partial charge in [-0.25, -0.2) is 14.6 Å². The average Bonchev–Trinajstić information content (AvgIpc) is 3.65. The van der Waals surface area contributed by atoms with Crippen LogP contribution in [0.5, 0.6) is 0 Å². The Bertz CT molecular complexity index is 1550. The highest BCUT2D eigenvalue weighted by Crippen LogP contribution is 2.75. The summed E-state index contributed by atoms with van der Waals surface area (Å²) in [7, 11) is 0. The molecule has 0 spiro atoms. The van der Waals surface area contributed by atoms with Gasteiger partial charge in [-0.2, -0.15) is 0 Å². The zero-order chi connectivity index (χ0) is 33.2. The first-order valence-electron chi connectivity index (χ1n) is 18.5. The lowest BCUT2D eigenvalue weighted by Crippen LogP contribution is -2.67. The van der Waals surface area contributed by atoms with E-state index in [-0.39, 0.29) is 27.8 Å². The SMILES string of the molecule is Cc1nccn1CCCNC(=O)NC12CCCC1C1CCC3C4(C)CC=C(c5ccc(C(=O)O)cc5)C(C)C4CCC3(C)[C@]1(C)CC2. The molecule has 5 aliphatic rings. The van der Waals surface area contributed by atoms with Crippen molar-refractivity contribution in [1.82, 2.24) is 20.2 Å². The van der Waals surface area contributed by atoms with Gasteiger partial charge in [0.15, 0.2) is 0 Å². The molecular formula is C40H56N4O3. The molecular weight excluding hydrogens is 584 g/mol. The second-order valence-electron chi connectivity index (χ2n) is 16.8. The lowest BCUT2D eigenvalue weighted by molar-refractivity contribution is -0.210. The lowest BCUT2D eigenvalue weighted by Gasteiger charge is -2.71. The molecule has 1 heterocycles. The molecule has 5 aliphatic carbocycles. The van der Waals surface area contributed by atoms with Crippen molar-refractivity contribution in [2.75, 3.05) is 6.54 Å². The maximum absolute atomic E-state index is 13.3. The highest BCUT2D eigenvalue weighted by atomic mass is 16.4. The van der Waals surface area contributed by atoms with E-state index in [4.69, 9.17) is 0 Å². The van der Waals surface area contributed by atoms with Gasteiger partial charge in [-0.15, -0.1) is 0 Å². The molecule has 0 bridgehead atoms. The molecule has 4 saturated carbocycles. The van der Waals surface area contributed by atoms with Gasteiger partial charge >= 0.3 is 12.0 Å². The fourth-order valence-electron chi connectivity index (χ4n) is 12.6. The summed E-state index contributed by atoms with van der Waals surface area (Å²) in [6.07, 6.45) is 19.3. The fourth-order valence-corrected chi connectivity index (χ4v) is 12.6. The molecule has 0 aliphatic heterocycles. The molecule has 3 N–H and O–H groups in total. The van der Waals surface area contributed by atoms with Gasteiger partial charge in [0.05, 0.1) is 5.56 Å². The van der Waals surface area contributed by atoms with Crippen LogP contribution in [0.15, 0.2) is 42.7 Å². The van der Waals surface area contributed by atoms with Gasteiger partial charge in [0.1, 0.15) is 5.82 Å². The summed E-state index contributed by atoms with van der Waals surface area (Å²) in [5.41, 5.74) is 3.72. The number of carboxylic acid groups (broad SMARTS) is 1. The second-order valence-corrected chi connectivity index (χ2v) is 16.8. The van der Waals surface area contributed by atoms with Gasteiger partial charge in [0.2, 0.25) is 0 Å². The topological polar surface area (TPSA) is 96.3 Å². The summed E-state index contributed by atoms with van der Waals surface area (Å²) in [5, 5.41) is 16.2. The van der Waals surface area contributed by atoms with Crippen LogP contribution in [0.3, 0.4) is 0 Å². The van der Waals surface area contributed by atoms with Crippen molar-refractivity contribution in [2.45, 2.75) is 117 Å². The number of urea groups is 1. The van der Waals surface area contributed by atoms with Crippen LogP contribution in [0.1, 0.15) is 120 Å². The lowest BCUT2D eigenvalue weighted by atomic mass is 9.34. The predicted octanol–water partition coefficient (Wildman–Crippen LogP) is 8.49. The van der Waals surface area contributed by atoms with Crippen molar-refractivity contribution in [2.24, 2.45) is 45.8 Å². The van der Waals surface area contributed by atoms with Gasteiger partial charge in [-0.1, -0.05) is 52.3 Å². The molecule has 0 radical (unpaired) electrons. The van der Waals surface area contributed by atoms with E-state index in [0.717, 1.165) is 38.1 Å². The number of carbonyl (C=O) groups is 2. The van der Waals surface area contributed by atoms with E-state index in [0.29, 0.717) is 41.7 Å². The monoisotopic (exact) mass is 640 g/mol. The molecule has 7 rings (SSSR count). The van der Waals surface area contributed by atoms with Crippen molar-refractivity contribution in [3.05, 3.63) is 59.7 Å². The number of allylic oxidation sites excluding steroid dienone is 2. The third kappa shape index (κ3) is 5.08. The molecule has 7 nitrogen and oxygen atoms in total. The minimum absolute atomic E-state index is 0.0205. The summed E-state index contributed by atoms with van der Waals surface area (Å²) >= 11 is 0. The molecule has 0 saturated heterocycles. The van der Waals surface area contributed by atoms with Crippen LogP contribution >= 0.6 is 0 Å². The van der Waals surface area contributed by atoms with Crippen LogP contribution in [0, 0.1) is 52.8 Å². The van der Waals surface area contributed by atoms with Crippen LogP contribution in [0.4, 0.5) is 4.79 Å². The van der Waals surface area contributed by atoms with Crippen LogP contribution < -0.4 is 10.6 Å². The number of nitrogens with one attached hydrogen (secondary N) is 2. The first-order chi connectivity index (χ1) is 22.4. The van der Waals surface area contributed by atoms with Crippen LogP contribution in [0.25, 0.3) is 5.57 Å². The van der Waals surface area contributed by atoms with E-state index in [1.54, 1.807) is 12.1 Å². The number of rotatable bonds is 7. The molecule has 9 atom stereocenters. The smallest absolute Gasteiger partial charge is 0.335 e. The van der Waals surface area contributed by atoms with E-state index in [1.807, 2.05) is 31.5 Å². The summed E-state index contributed by atoms with van der Waals surface area (Å²) in [5.74, 6) is 3.15. The molecule has 1 aromatic heterocycles.